The van der Waals surface area contributed by atoms with Crippen LogP contribution in [0.4, 0.5) is 0 Å². The molecule has 2 N–H and O–H groups in total. The molecule has 0 aliphatic carbocycles. The Morgan fingerprint density at radius 3 is 2.94 bits per heavy atom. The van der Waals surface area contributed by atoms with Crippen molar-refractivity contribution in [1.29, 1.82) is 0 Å². The van der Waals surface area contributed by atoms with E-state index in [9.17, 15) is 9.90 Å². The van der Waals surface area contributed by atoms with Crippen LogP contribution in [0.1, 0.15) is 44.0 Å². The standard InChI is InChI=1S/C18H15BClN2O6PS.C2H6/c1-2-10-8-22(17(30)21-16(10)23)15-6-5-14(26-15)18(19,24)28-29-25-9-11-7-12(20)3-4-13(11)27-29;1-2/h1,3-4,7-8,14-15,24H,5-6,9H2,(H,21,23,30);1-2H3. The number of halogens is 1. The largest absolute Gasteiger partial charge is 0.426 e. The van der Waals surface area contributed by atoms with Crippen LogP contribution in [0.3, 0.4) is 0 Å². The summed E-state index contributed by atoms with van der Waals surface area (Å²) in [7, 11) is 4.02. The molecule has 12 heteroatoms. The lowest BCUT2D eigenvalue weighted by molar-refractivity contribution is -0.171. The van der Waals surface area contributed by atoms with Gasteiger partial charge in [0.15, 0.2) is 18.3 Å². The monoisotopic (exact) mass is 494 g/mol. The number of hydrogen-bond acceptors (Lipinski definition) is 7. The second-order valence-corrected chi connectivity index (χ2v) is 8.59. The highest BCUT2D eigenvalue weighted by atomic mass is 35.5. The smallest absolute Gasteiger partial charge is 0.399 e. The summed E-state index contributed by atoms with van der Waals surface area (Å²) in [5, 5.41) is 11.2. The van der Waals surface area contributed by atoms with Crippen molar-refractivity contribution in [1.82, 2.24) is 9.55 Å². The van der Waals surface area contributed by atoms with Crippen molar-refractivity contribution in [3.05, 3.63) is 55.7 Å². The van der Waals surface area contributed by atoms with Crippen LogP contribution in [0.2, 0.25) is 5.02 Å². The third-order valence-electron chi connectivity index (χ3n) is 4.63. The summed E-state index contributed by atoms with van der Waals surface area (Å²) in [6.45, 7) is 4.20. The van der Waals surface area contributed by atoms with Gasteiger partial charge in [-0.05, 0) is 43.3 Å². The Bertz CT molecular complexity index is 1130. The molecule has 4 unspecified atom stereocenters. The predicted molar refractivity (Wildman–Crippen MR) is 124 cm³/mol. The highest BCUT2D eigenvalue weighted by Gasteiger charge is 2.43. The highest BCUT2D eigenvalue weighted by Crippen LogP contribution is 2.51. The van der Waals surface area contributed by atoms with Crippen LogP contribution in [-0.2, 0) is 20.4 Å². The summed E-state index contributed by atoms with van der Waals surface area (Å²) in [5.41, 5.74) is -1.76. The van der Waals surface area contributed by atoms with E-state index in [-0.39, 0.29) is 16.9 Å². The zero-order valence-corrected chi connectivity index (χ0v) is 19.9. The summed E-state index contributed by atoms with van der Waals surface area (Å²) >= 11 is 11.1. The van der Waals surface area contributed by atoms with Crippen molar-refractivity contribution in [3.8, 4) is 18.1 Å². The molecule has 168 valence electrons. The number of ether oxygens (including phenoxy) is 1. The minimum atomic E-state index is -2.18. The van der Waals surface area contributed by atoms with Crippen LogP contribution in [0.25, 0.3) is 0 Å². The van der Waals surface area contributed by atoms with Gasteiger partial charge in [-0.1, -0.05) is 31.4 Å². The zero-order chi connectivity index (χ0) is 23.5. The quantitative estimate of drug-likeness (QED) is 0.219. The summed E-state index contributed by atoms with van der Waals surface area (Å²) in [6.07, 6.45) is 6.11. The fourth-order valence-electron chi connectivity index (χ4n) is 3.13. The first-order valence-electron chi connectivity index (χ1n) is 9.84. The Morgan fingerprint density at radius 1 is 1.47 bits per heavy atom. The van der Waals surface area contributed by atoms with Gasteiger partial charge in [0.05, 0.1) is 6.61 Å². The summed E-state index contributed by atoms with van der Waals surface area (Å²) in [6, 6.07) is 5.09. The number of H-pyrrole nitrogens is 1. The number of aliphatic hydroxyl groups is 1. The lowest BCUT2D eigenvalue weighted by Crippen LogP contribution is -2.44. The maximum absolute atomic E-state index is 11.8. The van der Waals surface area contributed by atoms with Gasteiger partial charge >= 0.3 is 8.60 Å². The molecule has 2 aliphatic heterocycles. The highest BCUT2D eigenvalue weighted by molar-refractivity contribution is 7.71. The summed E-state index contributed by atoms with van der Waals surface area (Å²) in [4.78, 5) is 14.3. The maximum atomic E-state index is 11.8. The van der Waals surface area contributed by atoms with Crippen LogP contribution < -0.4 is 10.1 Å². The van der Waals surface area contributed by atoms with E-state index in [1.165, 1.54) is 10.8 Å². The van der Waals surface area contributed by atoms with Gasteiger partial charge in [-0.3, -0.25) is 23.4 Å². The second kappa shape index (κ2) is 10.5. The predicted octanol–water partition coefficient (Wildman–Crippen LogP) is 3.91. The van der Waals surface area contributed by atoms with Crippen molar-refractivity contribution in [3.63, 3.8) is 0 Å². The molecular weight excluding hydrogens is 474 g/mol. The molecule has 0 spiro atoms. The molecule has 2 aromatic rings. The van der Waals surface area contributed by atoms with Gasteiger partial charge in [-0.15, -0.1) is 6.42 Å². The van der Waals surface area contributed by atoms with Crippen LogP contribution in [0.5, 0.6) is 5.75 Å². The average Bonchev–Trinajstić information content (AvgIpc) is 3.26. The number of hydrogen-bond donors (Lipinski definition) is 2. The Morgan fingerprint density at radius 2 is 2.22 bits per heavy atom. The molecule has 1 aromatic carbocycles. The minimum absolute atomic E-state index is 0.112. The van der Waals surface area contributed by atoms with Gasteiger partial charge in [0.2, 0.25) is 0 Å². The number of nitrogens with zero attached hydrogens (tertiary/aromatic N) is 1. The van der Waals surface area contributed by atoms with E-state index < -0.39 is 32.2 Å². The van der Waals surface area contributed by atoms with Gasteiger partial charge < -0.3 is 14.4 Å². The van der Waals surface area contributed by atoms with Gasteiger partial charge in [-0.2, -0.15) is 0 Å². The lowest BCUT2D eigenvalue weighted by Gasteiger charge is -2.34. The molecule has 0 saturated carbocycles. The molecule has 3 heterocycles. The van der Waals surface area contributed by atoms with E-state index in [4.69, 9.17) is 56.4 Å². The number of rotatable bonds is 4. The maximum Gasteiger partial charge on any atom is 0.399 e. The normalized spacial score (nSPS) is 23.7. The minimum Gasteiger partial charge on any atom is -0.426 e. The summed E-state index contributed by atoms with van der Waals surface area (Å²) in [5.74, 6) is 2.83. The molecular formula is C20H21BClN2O6PS. The molecule has 4 rings (SSSR count). The first-order valence-corrected chi connectivity index (χ1v) is 11.7. The van der Waals surface area contributed by atoms with Gasteiger partial charge in [-0.25, -0.2) is 0 Å². The van der Waals surface area contributed by atoms with E-state index in [1.54, 1.807) is 18.2 Å². The average molecular weight is 495 g/mol. The van der Waals surface area contributed by atoms with E-state index in [0.717, 1.165) is 5.56 Å². The van der Waals surface area contributed by atoms with Crippen molar-refractivity contribution in [2.24, 2.45) is 0 Å². The Kier molecular flexibility index (Phi) is 8.18. The number of fused-ring (bicyclic) bond motifs is 1. The first kappa shape index (κ1) is 24.9. The van der Waals surface area contributed by atoms with Crippen molar-refractivity contribution < 1.29 is 23.4 Å². The molecule has 4 atom stereocenters. The van der Waals surface area contributed by atoms with Crippen molar-refractivity contribution in [2.75, 3.05) is 0 Å². The van der Waals surface area contributed by atoms with Gasteiger partial charge in [0, 0.05) is 16.8 Å². The molecule has 32 heavy (non-hydrogen) atoms. The molecule has 1 aromatic heterocycles. The molecule has 2 aliphatic rings. The van der Waals surface area contributed by atoms with Crippen LogP contribution in [0.15, 0.2) is 29.2 Å². The topological polar surface area (TPSA) is 94.9 Å². The number of nitrogens with one attached hydrogen (secondary N) is 1. The fourth-order valence-corrected chi connectivity index (χ4v) is 4.67. The molecule has 1 saturated heterocycles. The van der Waals surface area contributed by atoms with E-state index in [0.29, 0.717) is 23.6 Å². The molecule has 8 nitrogen and oxygen atoms in total. The fraction of sp³-hybridized carbons (Fsp3) is 0.400. The molecule has 2 radical (unpaired) electrons. The van der Waals surface area contributed by atoms with Gasteiger partial charge in [0.25, 0.3) is 5.56 Å². The number of aromatic amines is 1. The van der Waals surface area contributed by atoms with Gasteiger partial charge in [0.1, 0.15) is 23.6 Å². The number of terminal acetylenes is 1. The molecule has 1 fully saturated rings. The van der Waals surface area contributed by atoms with E-state index >= 15 is 0 Å². The number of benzene rings is 1. The van der Waals surface area contributed by atoms with Crippen LogP contribution in [-0.4, -0.2) is 34.3 Å². The lowest BCUT2D eigenvalue weighted by atomic mass is 9.88. The molecule has 0 bridgehead atoms. The second-order valence-electron chi connectivity index (χ2n) is 6.69. The van der Waals surface area contributed by atoms with Crippen molar-refractivity contribution >= 4 is 40.3 Å². The van der Waals surface area contributed by atoms with Crippen LogP contribution >= 0.6 is 32.4 Å². The molecule has 0 amide bonds. The SMILES string of the molecule is CC.[B]C(O)(OP1OCc2cc(Cl)ccc2O1)C1CCC(n2cc(C#C)c(=O)[nH]c2=S)O1. The Labute approximate surface area is 198 Å². The Balaban J connectivity index is 0.00000141. The Hall–Kier alpha value is -1.70. The zero-order valence-electron chi connectivity index (χ0n) is 17.4. The third kappa shape index (κ3) is 5.44. The van der Waals surface area contributed by atoms with Crippen LogP contribution in [0, 0.1) is 17.1 Å². The van der Waals surface area contributed by atoms with Crippen molar-refractivity contribution in [2.45, 2.75) is 51.3 Å². The number of aromatic nitrogens is 2. The summed E-state index contributed by atoms with van der Waals surface area (Å²) < 4.78 is 24.2. The first-order chi connectivity index (χ1) is 15.3. The van der Waals surface area contributed by atoms with E-state index in [2.05, 4.69) is 10.9 Å². The van der Waals surface area contributed by atoms with E-state index in [1.807, 2.05) is 13.8 Å². The third-order valence-corrected chi connectivity index (χ3v) is 6.31.